The SMILES string of the molecule is CN=C(NCCc1c(F)cccc1F)N1CCN(S(=O)(=O)CCOC(C)C)CC1. The minimum atomic E-state index is -3.36. The maximum atomic E-state index is 13.7. The van der Waals surface area contributed by atoms with Gasteiger partial charge in [0.1, 0.15) is 11.6 Å². The van der Waals surface area contributed by atoms with Gasteiger partial charge in [0.2, 0.25) is 10.0 Å². The third-order valence-electron chi connectivity index (χ3n) is 4.66. The van der Waals surface area contributed by atoms with E-state index in [4.69, 9.17) is 4.74 Å². The minimum absolute atomic E-state index is 0.00529. The first kappa shape index (κ1) is 23.5. The van der Waals surface area contributed by atoms with E-state index in [9.17, 15) is 17.2 Å². The summed E-state index contributed by atoms with van der Waals surface area (Å²) in [4.78, 5) is 6.14. The highest BCUT2D eigenvalue weighted by molar-refractivity contribution is 7.89. The molecule has 1 aliphatic rings. The first-order chi connectivity index (χ1) is 13.7. The van der Waals surface area contributed by atoms with E-state index in [-0.39, 0.29) is 30.4 Å². The van der Waals surface area contributed by atoms with Gasteiger partial charge in [-0.15, -0.1) is 0 Å². The van der Waals surface area contributed by atoms with Crippen molar-refractivity contribution in [2.24, 2.45) is 4.99 Å². The van der Waals surface area contributed by atoms with Gasteiger partial charge in [0.25, 0.3) is 0 Å². The number of guanidine groups is 1. The molecule has 1 aliphatic heterocycles. The number of halogens is 2. The molecule has 164 valence electrons. The summed E-state index contributed by atoms with van der Waals surface area (Å²) in [6, 6.07) is 3.81. The lowest BCUT2D eigenvalue weighted by atomic mass is 10.1. The summed E-state index contributed by atoms with van der Waals surface area (Å²) in [7, 11) is -1.74. The molecule has 0 aromatic heterocycles. The van der Waals surface area contributed by atoms with Crippen molar-refractivity contribution in [1.82, 2.24) is 14.5 Å². The highest BCUT2D eigenvalue weighted by Crippen LogP contribution is 2.12. The highest BCUT2D eigenvalue weighted by Gasteiger charge is 2.28. The predicted molar refractivity (Wildman–Crippen MR) is 109 cm³/mol. The van der Waals surface area contributed by atoms with Gasteiger partial charge < -0.3 is 15.0 Å². The van der Waals surface area contributed by atoms with Gasteiger partial charge in [-0.25, -0.2) is 17.2 Å². The normalized spacial score (nSPS) is 16.5. The van der Waals surface area contributed by atoms with E-state index in [1.54, 1.807) is 7.05 Å². The zero-order chi connectivity index (χ0) is 21.4. The van der Waals surface area contributed by atoms with Crippen molar-refractivity contribution in [3.63, 3.8) is 0 Å². The molecule has 0 spiro atoms. The second-order valence-corrected chi connectivity index (χ2v) is 9.13. The summed E-state index contributed by atoms with van der Waals surface area (Å²) in [5.74, 6) is -0.585. The number of rotatable bonds is 8. The Balaban J connectivity index is 1.82. The van der Waals surface area contributed by atoms with E-state index in [2.05, 4.69) is 10.3 Å². The minimum Gasteiger partial charge on any atom is -0.378 e. The summed E-state index contributed by atoms with van der Waals surface area (Å²) < 4.78 is 59.1. The second-order valence-electron chi connectivity index (χ2n) is 7.05. The van der Waals surface area contributed by atoms with Crippen LogP contribution in [0.3, 0.4) is 0 Å². The van der Waals surface area contributed by atoms with Crippen LogP contribution in [0.2, 0.25) is 0 Å². The van der Waals surface area contributed by atoms with Gasteiger partial charge >= 0.3 is 0 Å². The van der Waals surface area contributed by atoms with Gasteiger partial charge in [-0.3, -0.25) is 4.99 Å². The number of hydrogen-bond donors (Lipinski definition) is 1. The molecule has 2 rings (SSSR count). The van der Waals surface area contributed by atoms with E-state index in [0.29, 0.717) is 38.7 Å². The molecule has 1 aromatic carbocycles. The van der Waals surface area contributed by atoms with E-state index < -0.39 is 21.7 Å². The lowest BCUT2D eigenvalue weighted by molar-refractivity contribution is 0.0904. The number of nitrogens with one attached hydrogen (secondary N) is 1. The second kappa shape index (κ2) is 10.8. The number of hydrogen-bond acceptors (Lipinski definition) is 4. The molecule has 1 aromatic rings. The van der Waals surface area contributed by atoms with E-state index in [0.717, 1.165) is 0 Å². The van der Waals surface area contributed by atoms with Crippen LogP contribution >= 0.6 is 0 Å². The number of ether oxygens (including phenoxy) is 1. The topological polar surface area (TPSA) is 74.2 Å². The van der Waals surface area contributed by atoms with Crippen molar-refractivity contribution >= 4 is 16.0 Å². The number of piperazine rings is 1. The van der Waals surface area contributed by atoms with Gasteiger partial charge in [-0.1, -0.05) is 6.07 Å². The molecule has 0 bridgehead atoms. The Bertz CT molecular complexity index is 774. The van der Waals surface area contributed by atoms with Crippen molar-refractivity contribution < 1.29 is 21.9 Å². The standard InChI is InChI=1S/C19H30F2N4O3S/c1-15(2)28-13-14-29(26,27)25-11-9-24(10-12-25)19(22-3)23-8-7-16-17(20)5-4-6-18(16)21/h4-6,15H,7-14H2,1-3H3,(H,22,23). The number of sulfonamides is 1. The summed E-state index contributed by atoms with van der Waals surface area (Å²) in [6.45, 7) is 5.90. The Kier molecular flexibility index (Phi) is 8.79. The summed E-state index contributed by atoms with van der Waals surface area (Å²) in [5.41, 5.74) is 0.0370. The van der Waals surface area contributed by atoms with Crippen LogP contribution in [0.1, 0.15) is 19.4 Å². The molecule has 10 heteroatoms. The zero-order valence-electron chi connectivity index (χ0n) is 17.2. The summed E-state index contributed by atoms with van der Waals surface area (Å²) in [6.07, 6.45) is 0.177. The molecular weight excluding hydrogens is 402 g/mol. The van der Waals surface area contributed by atoms with E-state index in [1.807, 2.05) is 18.7 Å². The third-order valence-corrected chi connectivity index (χ3v) is 6.49. The Labute approximate surface area is 171 Å². The highest BCUT2D eigenvalue weighted by atomic mass is 32.2. The summed E-state index contributed by atoms with van der Waals surface area (Å²) >= 11 is 0. The molecule has 1 N–H and O–H groups in total. The first-order valence-electron chi connectivity index (χ1n) is 9.72. The van der Waals surface area contributed by atoms with Crippen molar-refractivity contribution in [1.29, 1.82) is 0 Å². The van der Waals surface area contributed by atoms with Crippen LogP contribution in [0.4, 0.5) is 8.78 Å². The van der Waals surface area contributed by atoms with Crippen molar-refractivity contribution in [2.45, 2.75) is 26.4 Å². The van der Waals surface area contributed by atoms with Gasteiger partial charge in [0, 0.05) is 45.3 Å². The van der Waals surface area contributed by atoms with Gasteiger partial charge in [-0.05, 0) is 32.4 Å². The molecule has 0 radical (unpaired) electrons. The van der Waals surface area contributed by atoms with Crippen molar-refractivity contribution in [3.05, 3.63) is 35.4 Å². The number of nitrogens with zero attached hydrogens (tertiary/aromatic N) is 3. The first-order valence-corrected chi connectivity index (χ1v) is 11.3. The fraction of sp³-hybridized carbons (Fsp3) is 0.632. The molecule has 0 amide bonds. The molecule has 7 nitrogen and oxygen atoms in total. The van der Waals surface area contributed by atoms with Crippen LogP contribution in [0.15, 0.2) is 23.2 Å². The monoisotopic (exact) mass is 432 g/mol. The molecule has 1 fully saturated rings. The van der Waals surface area contributed by atoms with Gasteiger partial charge in [-0.2, -0.15) is 4.31 Å². The maximum Gasteiger partial charge on any atom is 0.216 e. The molecule has 0 unspecified atom stereocenters. The van der Waals surface area contributed by atoms with Crippen molar-refractivity contribution in [2.75, 3.05) is 52.1 Å². The van der Waals surface area contributed by atoms with E-state index >= 15 is 0 Å². The van der Waals surface area contributed by atoms with Crippen LogP contribution in [0.25, 0.3) is 0 Å². The van der Waals surface area contributed by atoms with Crippen LogP contribution < -0.4 is 5.32 Å². The average Bonchev–Trinajstić information content (AvgIpc) is 2.67. The zero-order valence-corrected chi connectivity index (χ0v) is 18.0. The largest absolute Gasteiger partial charge is 0.378 e. The lowest BCUT2D eigenvalue weighted by Gasteiger charge is -2.35. The smallest absolute Gasteiger partial charge is 0.216 e. The quantitative estimate of drug-likeness (QED) is 0.497. The molecular formula is C19H30F2N4O3S. The van der Waals surface area contributed by atoms with Crippen LogP contribution in [0.5, 0.6) is 0 Å². The number of benzene rings is 1. The van der Waals surface area contributed by atoms with Crippen LogP contribution in [-0.4, -0.2) is 81.8 Å². The van der Waals surface area contributed by atoms with Gasteiger partial charge in [0.15, 0.2) is 5.96 Å². The Morgan fingerprint density at radius 2 is 1.83 bits per heavy atom. The van der Waals surface area contributed by atoms with Crippen LogP contribution in [0, 0.1) is 11.6 Å². The maximum absolute atomic E-state index is 13.7. The van der Waals surface area contributed by atoms with Gasteiger partial charge in [0.05, 0.1) is 18.5 Å². The Morgan fingerprint density at radius 3 is 2.38 bits per heavy atom. The molecule has 1 saturated heterocycles. The fourth-order valence-electron chi connectivity index (χ4n) is 3.10. The molecule has 29 heavy (non-hydrogen) atoms. The Hall–Kier alpha value is -1.78. The molecule has 0 aliphatic carbocycles. The Morgan fingerprint density at radius 1 is 1.21 bits per heavy atom. The predicted octanol–water partition coefficient (Wildman–Crippen LogP) is 1.46. The summed E-state index contributed by atoms with van der Waals surface area (Å²) in [5, 5.41) is 3.10. The molecule has 1 heterocycles. The number of aliphatic imine (C=N–C) groups is 1. The van der Waals surface area contributed by atoms with Crippen molar-refractivity contribution in [3.8, 4) is 0 Å². The molecule has 0 saturated carbocycles. The average molecular weight is 433 g/mol. The molecule has 0 atom stereocenters. The lowest BCUT2D eigenvalue weighted by Crippen LogP contribution is -2.54. The van der Waals surface area contributed by atoms with E-state index in [1.165, 1.54) is 22.5 Å². The third kappa shape index (κ3) is 6.90. The van der Waals surface area contributed by atoms with Crippen LogP contribution in [-0.2, 0) is 21.2 Å². The fourth-order valence-corrected chi connectivity index (χ4v) is 4.38.